The van der Waals surface area contributed by atoms with Crippen LogP contribution in [0.2, 0.25) is 0 Å². The van der Waals surface area contributed by atoms with Crippen molar-refractivity contribution in [2.45, 2.75) is 6.04 Å². The Hall–Kier alpha value is -1.00. The van der Waals surface area contributed by atoms with Gasteiger partial charge in [0.15, 0.2) is 0 Å². The predicted molar refractivity (Wildman–Crippen MR) is 67.6 cm³/mol. The molecule has 0 spiro atoms. The zero-order chi connectivity index (χ0) is 11.8. The first-order valence-electron chi connectivity index (χ1n) is 5.14. The smallest absolute Gasteiger partial charge is 0.327 e. The van der Waals surface area contributed by atoms with Crippen LogP contribution in [0.3, 0.4) is 0 Å². The van der Waals surface area contributed by atoms with Crippen LogP contribution in [0.25, 0.3) is 0 Å². The Morgan fingerprint density at radius 3 is 2.69 bits per heavy atom. The van der Waals surface area contributed by atoms with Crippen molar-refractivity contribution in [3.8, 4) is 0 Å². The van der Waals surface area contributed by atoms with Crippen LogP contribution < -0.4 is 5.32 Å². The molecule has 0 saturated heterocycles. The third kappa shape index (κ3) is 3.87. The standard InChI is InChI=1S/C12H17NO2S/c1-15-12(14)11(13-8-9-16-2)10-6-4-3-5-7-10/h3-7,11,13H,8-9H2,1-2H3. The number of hydrogen-bond donors (Lipinski definition) is 1. The summed E-state index contributed by atoms with van der Waals surface area (Å²) in [4.78, 5) is 11.6. The van der Waals surface area contributed by atoms with E-state index in [4.69, 9.17) is 4.74 Å². The molecule has 0 aromatic heterocycles. The van der Waals surface area contributed by atoms with E-state index < -0.39 is 0 Å². The molecule has 3 nitrogen and oxygen atoms in total. The maximum Gasteiger partial charge on any atom is 0.327 e. The molecule has 16 heavy (non-hydrogen) atoms. The van der Waals surface area contributed by atoms with Crippen molar-refractivity contribution in [3.05, 3.63) is 35.9 Å². The molecule has 0 bridgehead atoms. The lowest BCUT2D eigenvalue weighted by Gasteiger charge is -2.16. The molecular weight excluding hydrogens is 222 g/mol. The summed E-state index contributed by atoms with van der Waals surface area (Å²) in [6, 6.07) is 9.25. The Balaban J connectivity index is 2.68. The van der Waals surface area contributed by atoms with Crippen molar-refractivity contribution in [2.75, 3.05) is 25.7 Å². The fourth-order valence-electron chi connectivity index (χ4n) is 1.41. The lowest BCUT2D eigenvalue weighted by molar-refractivity contribution is -0.143. The molecule has 0 aliphatic carbocycles. The topological polar surface area (TPSA) is 38.3 Å². The summed E-state index contributed by atoms with van der Waals surface area (Å²) in [5.74, 6) is 0.729. The first-order valence-corrected chi connectivity index (χ1v) is 6.54. The van der Waals surface area contributed by atoms with Gasteiger partial charge in [-0.15, -0.1) is 0 Å². The molecule has 0 heterocycles. The molecule has 1 atom stereocenters. The molecule has 1 rings (SSSR count). The second kappa shape index (κ2) is 7.30. The zero-order valence-electron chi connectivity index (χ0n) is 9.60. The highest BCUT2D eigenvalue weighted by Gasteiger charge is 2.19. The maximum absolute atomic E-state index is 11.6. The molecule has 4 heteroatoms. The predicted octanol–water partition coefficient (Wildman–Crippen LogP) is 1.85. The van der Waals surface area contributed by atoms with Crippen molar-refractivity contribution < 1.29 is 9.53 Å². The van der Waals surface area contributed by atoms with E-state index >= 15 is 0 Å². The van der Waals surface area contributed by atoms with Gasteiger partial charge in [0.2, 0.25) is 0 Å². The molecule has 1 unspecified atom stereocenters. The van der Waals surface area contributed by atoms with Gasteiger partial charge < -0.3 is 4.74 Å². The summed E-state index contributed by atoms with van der Waals surface area (Å²) >= 11 is 1.74. The first kappa shape index (κ1) is 13.1. The van der Waals surface area contributed by atoms with Gasteiger partial charge in [-0.3, -0.25) is 5.32 Å². The molecule has 0 saturated carbocycles. The molecule has 88 valence electrons. The maximum atomic E-state index is 11.6. The van der Waals surface area contributed by atoms with Crippen molar-refractivity contribution in [3.63, 3.8) is 0 Å². The SMILES string of the molecule is COC(=O)C(NCCSC)c1ccccc1. The highest BCUT2D eigenvalue weighted by molar-refractivity contribution is 7.98. The van der Waals surface area contributed by atoms with E-state index in [1.165, 1.54) is 7.11 Å². The van der Waals surface area contributed by atoms with E-state index in [-0.39, 0.29) is 12.0 Å². The van der Waals surface area contributed by atoms with Crippen molar-refractivity contribution in [1.29, 1.82) is 0 Å². The van der Waals surface area contributed by atoms with Gasteiger partial charge in [-0.1, -0.05) is 30.3 Å². The molecule has 0 radical (unpaired) electrons. The first-order chi connectivity index (χ1) is 7.79. The molecular formula is C12H17NO2S. The molecule has 1 aromatic carbocycles. The van der Waals surface area contributed by atoms with Crippen LogP contribution in [0.5, 0.6) is 0 Å². The number of carbonyl (C=O) groups is 1. The lowest BCUT2D eigenvalue weighted by atomic mass is 10.1. The van der Waals surface area contributed by atoms with Gasteiger partial charge in [0.1, 0.15) is 6.04 Å². The van der Waals surface area contributed by atoms with Crippen LogP contribution in [-0.4, -0.2) is 31.6 Å². The molecule has 0 amide bonds. The lowest BCUT2D eigenvalue weighted by Crippen LogP contribution is -2.31. The third-order valence-electron chi connectivity index (χ3n) is 2.22. The Kier molecular flexibility index (Phi) is 5.96. The number of ether oxygens (including phenoxy) is 1. The number of esters is 1. The average molecular weight is 239 g/mol. The van der Waals surface area contributed by atoms with Gasteiger partial charge in [-0.2, -0.15) is 11.8 Å². The van der Waals surface area contributed by atoms with Crippen LogP contribution >= 0.6 is 11.8 Å². The number of methoxy groups -OCH3 is 1. The summed E-state index contributed by atoms with van der Waals surface area (Å²) in [5.41, 5.74) is 0.940. The summed E-state index contributed by atoms with van der Waals surface area (Å²) in [6.45, 7) is 0.788. The zero-order valence-corrected chi connectivity index (χ0v) is 10.4. The minimum Gasteiger partial charge on any atom is -0.468 e. The van der Waals surface area contributed by atoms with E-state index in [0.717, 1.165) is 17.9 Å². The van der Waals surface area contributed by atoms with Crippen molar-refractivity contribution in [2.24, 2.45) is 0 Å². The van der Waals surface area contributed by atoms with E-state index in [1.807, 2.05) is 36.6 Å². The average Bonchev–Trinajstić information content (AvgIpc) is 2.35. The Labute approximate surface area is 101 Å². The highest BCUT2D eigenvalue weighted by Crippen LogP contribution is 2.13. The second-order valence-corrected chi connectivity index (χ2v) is 4.30. The fraction of sp³-hybridized carbons (Fsp3) is 0.417. The van der Waals surface area contributed by atoms with Gasteiger partial charge in [0.25, 0.3) is 0 Å². The number of carbonyl (C=O) groups excluding carboxylic acids is 1. The van der Waals surface area contributed by atoms with E-state index in [1.54, 1.807) is 11.8 Å². The number of rotatable bonds is 6. The molecule has 1 aromatic rings. The summed E-state index contributed by atoms with van der Waals surface area (Å²) in [6.07, 6.45) is 2.04. The number of hydrogen-bond acceptors (Lipinski definition) is 4. The quantitative estimate of drug-likeness (QED) is 0.607. The normalized spacial score (nSPS) is 12.1. The van der Waals surface area contributed by atoms with Gasteiger partial charge in [0.05, 0.1) is 7.11 Å². The van der Waals surface area contributed by atoms with Gasteiger partial charge in [0, 0.05) is 12.3 Å². The van der Waals surface area contributed by atoms with E-state index in [9.17, 15) is 4.79 Å². The monoisotopic (exact) mass is 239 g/mol. The Bertz CT molecular complexity index is 316. The van der Waals surface area contributed by atoms with Crippen LogP contribution in [0.1, 0.15) is 11.6 Å². The van der Waals surface area contributed by atoms with Crippen LogP contribution in [0.15, 0.2) is 30.3 Å². The van der Waals surface area contributed by atoms with Crippen LogP contribution in [-0.2, 0) is 9.53 Å². The van der Waals surface area contributed by atoms with Gasteiger partial charge in [-0.05, 0) is 11.8 Å². The minimum absolute atomic E-state index is 0.243. The van der Waals surface area contributed by atoms with Crippen molar-refractivity contribution >= 4 is 17.7 Å². The van der Waals surface area contributed by atoms with E-state index in [2.05, 4.69) is 5.32 Å². The Morgan fingerprint density at radius 1 is 1.44 bits per heavy atom. The minimum atomic E-state index is -0.363. The summed E-state index contributed by atoms with van der Waals surface area (Å²) < 4.78 is 4.79. The molecule has 0 aliphatic rings. The van der Waals surface area contributed by atoms with Crippen LogP contribution in [0.4, 0.5) is 0 Å². The van der Waals surface area contributed by atoms with E-state index in [0.29, 0.717) is 0 Å². The molecule has 0 fully saturated rings. The fourth-order valence-corrected chi connectivity index (χ4v) is 1.73. The third-order valence-corrected chi connectivity index (χ3v) is 2.84. The van der Waals surface area contributed by atoms with Crippen LogP contribution in [0, 0.1) is 0 Å². The number of thioether (sulfide) groups is 1. The Morgan fingerprint density at radius 2 is 2.12 bits per heavy atom. The summed E-state index contributed by atoms with van der Waals surface area (Å²) in [5, 5.41) is 3.19. The second-order valence-electron chi connectivity index (χ2n) is 3.31. The largest absolute Gasteiger partial charge is 0.468 e. The number of benzene rings is 1. The molecule has 0 aliphatic heterocycles. The van der Waals surface area contributed by atoms with Gasteiger partial charge >= 0.3 is 5.97 Å². The summed E-state index contributed by atoms with van der Waals surface area (Å²) in [7, 11) is 1.41. The highest BCUT2D eigenvalue weighted by atomic mass is 32.2. The van der Waals surface area contributed by atoms with Crippen molar-refractivity contribution in [1.82, 2.24) is 5.32 Å². The molecule has 1 N–H and O–H groups in total. The number of nitrogens with one attached hydrogen (secondary N) is 1. The van der Waals surface area contributed by atoms with Gasteiger partial charge in [-0.25, -0.2) is 4.79 Å².